The molecule has 1 heterocycles. The van der Waals surface area contributed by atoms with Crippen LogP contribution in [0.25, 0.3) is 0 Å². The summed E-state index contributed by atoms with van der Waals surface area (Å²) < 4.78 is 42.8. The highest BCUT2D eigenvalue weighted by Gasteiger charge is 2.43. The lowest BCUT2D eigenvalue weighted by Crippen LogP contribution is -2.58. The zero-order valence-electron chi connectivity index (χ0n) is 10.7. The van der Waals surface area contributed by atoms with Crippen LogP contribution in [0.2, 0.25) is 0 Å². The highest BCUT2D eigenvalue weighted by molar-refractivity contribution is 5.67. The largest absolute Gasteiger partial charge is 0.445 e. The molecule has 0 saturated carbocycles. The van der Waals surface area contributed by atoms with Gasteiger partial charge in [0.1, 0.15) is 12.6 Å². The van der Waals surface area contributed by atoms with Crippen molar-refractivity contribution in [1.82, 2.24) is 10.2 Å². The topological polar surface area (TPSA) is 41.6 Å². The number of carbonyl (C=O) groups excluding carboxylic acids is 1. The fourth-order valence-electron chi connectivity index (χ4n) is 1.95. The molecular formula is C13H15F3N2O2. The summed E-state index contributed by atoms with van der Waals surface area (Å²) >= 11 is 0. The van der Waals surface area contributed by atoms with Gasteiger partial charge in [-0.2, -0.15) is 13.2 Å². The van der Waals surface area contributed by atoms with Gasteiger partial charge in [-0.1, -0.05) is 30.3 Å². The summed E-state index contributed by atoms with van der Waals surface area (Å²) in [5.41, 5.74) is 0.795. The lowest BCUT2D eigenvalue weighted by Gasteiger charge is -2.33. The van der Waals surface area contributed by atoms with Crippen LogP contribution in [0, 0.1) is 0 Å². The molecule has 1 fully saturated rings. The van der Waals surface area contributed by atoms with E-state index in [0.29, 0.717) is 0 Å². The standard InChI is InChI=1S/C13H15F3N2O2/c14-13(15,16)11-8-18(7-6-17-11)12(19)20-9-10-4-2-1-3-5-10/h1-5,11,17H,6-9H2/t11-/m0/s1. The van der Waals surface area contributed by atoms with Crippen LogP contribution >= 0.6 is 0 Å². The first kappa shape index (κ1) is 14.6. The minimum Gasteiger partial charge on any atom is -0.445 e. The Bertz CT molecular complexity index is 451. The van der Waals surface area contributed by atoms with E-state index in [-0.39, 0.29) is 19.7 Å². The Hall–Kier alpha value is -1.76. The zero-order chi connectivity index (χ0) is 14.6. The van der Waals surface area contributed by atoms with Crippen LogP contribution in [0.1, 0.15) is 5.56 Å². The van der Waals surface area contributed by atoms with Crippen molar-refractivity contribution in [3.8, 4) is 0 Å². The first-order chi connectivity index (χ1) is 9.47. The normalized spacial score (nSPS) is 19.8. The Morgan fingerprint density at radius 3 is 2.70 bits per heavy atom. The molecule has 4 nitrogen and oxygen atoms in total. The Morgan fingerprint density at radius 1 is 1.35 bits per heavy atom. The molecule has 2 rings (SSSR count). The van der Waals surface area contributed by atoms with Gasteiger partial charge in [-0.3, -0.25) is 0 Å². The number of nitrogens with zero attached hydrogens (tertiary/aromatic N) is 1. The van der Waals surface area contributed by atoms with Crippen molar-refractivity contribution in [3.05, 3.63) is 35.9 Å². The molecule has 1 atom stereocenters. The van der Waals surface area contributed by atoms with E-state index in [0.717, 1.165) is 10.5 Å². The Kier molecular flexibility index (Phi) is 4.49. The maximum absolute atomic E-state index is 12.6. The average molecular weight is 288 g/mol. The SMILES string of the molecule is O=C(OCc1ccccc1)N1CCN[C@H](C(F)(F)F)C1. The monoisotopic (exact) mass is 288 g/mol. The fraction of sp³-hybridized carbons (Fsp3) is 0.462. The highest BCUT2D eigenvalue weighted by atomic mass is 19.4. The molecule has 110 valence electrons. The van der Waals surface area contributed by atoms with Gasteiger partial charge >= 0.3 is 12.3 Å². The number of piperazine rings is 1. The van der Waals surface area contributed by atoms with Crippen molar-refractivity contribution < 1.29 is 22.7 Å². The van der Waals surface area contributed by atoms with Gasteiger partial charge in [0, 0.05) is 19.6 Å². The van der Waals surface area contributed by atoms with Gasteiger partial charge < -0.3 is 15.0 Å². The van der Waals surface area contributed by atoms with E-state index in [2.05, 4.69) is 5.32 Å². The molecule has 1 aliphatic rings. The summed E-state index contributed by atoms with van der Waals surface area (Å²) in [6, 6.07) is 7.30. The number of nitrogens with one attached hydrogen (secondary N) is 1. The minimum absolute atomic E-state index is 0.0558. The highest BCUT2D eigenvalue weighted by Crippen LogP contribution is 2.22. The Labute approximate surface area is 114 Å². The predicted molar refractivity (Wildman–Crippen MR) is 66.0 cm³/mol. The third-order valence-corrected chi connectivity index (χ3v) is 3.03. The maximum atomic E-state index is 12.6. The molecule has 0 aromatic heterocycles. The number of rotatable bonds is 2. The van der Waals surface area contributed by atoms with Gasteiger partial charge in [0.25, 0.3) is 0 Å². The van der Waals surface area contributed by atoms with E-state index < -0.39 is 24.9 Å². The Balaban J connectivity index is 1.86. The van der Waals surface area contributed by atoms with Gasteiger partial charge in [-0.15, -0.1) is 0 Å². The zero-order valence-corrected chi connectivity index (χ0v) is 10.7. The molecule has 0 unspecified atom stereocenters. The number of alkyl halides is 3. The second kappa shape index (κ2) is 6.13. The molecule has 20 heavy (non-hydrogen) atoms. The number of carbonyl (C=O) groups is 1. The van der Waals surface area contributed by atoms with Gasteiger partial charge in [0.05, 0.1) is 0 Å². The van der Waals surface area contributed by atoms with Crippen LogP contribution in [-0.2, 0) is 11.3 Å². The Morgan fingerprint density at radius 2 is 2.05 bits per heavy atom. The third kappa shape index (κ3) is 3.86. The van der Waals surface area contributed by atoms with Crippen LogP contribution in [0.4, 0.5) is 18.0 Å². The molecule has 1 aliphatic heterocycles. The second-order valence-corrected chi connectivity index (χ2v) is 4.53. The summed E-state index contributed by atoms with van der Waals surface area (Å²) in [7, 11) is 0. The van der Waals surface area contributed by atoms with Gasteiger partial charge in [-0.25, -0.2) is 4.79 Å². The van der Waals surface area contributed by atoms with Crippen molar-refractivity contribution in [2.75, 3.05) is 19.6 Å². The number of benzene rings is 1. The van der Waals surface area contributed by atoms with Crippen LogP contribution in [-0.4, -0.2) is 42.8 Å². The van der Waals surface area contributed by atoms with Crippen molar-refractivity contribution >= 4 is 6.09 Å². The smallest absolute Gasteiger partial charge is 0.410 e. The number of halogens is 3. The first-order valence-electron chi connectivity index (χ1n) is 6.22. The number of ether oxygens (including phenoxy) is 1. The van der Waals surface area contributed by atoms with E-state index >= 15 is 0 Å². The molecular weight excluding hydrogens is 273 g/mol. The number of hydrogen-bond acceptors (Lipinski definition) is 3. The molecule has 1 aromatic carbocycles. The quantitative estimate of drug-likeness (QED) is 0.906. The van der Waals surface area contributed by atoms with Crippen LogP contribution in [0.3, 0.4) is 0 Å². The summed E-state index contributed by atoms with van der Waals surface area (Å²) in [4.78, 5) is 12.8. The van der Waals surface area contributed by atoms with E-state index in [1.807, 2.05) is 6.07 Å². The fourth-order valence-corrected chi connectivity index (χ4v) is 1.95. The third-order valence-electron chi connectivity index (χ3n) is 3.03. The lowest BCUT2D eigenvalue weighted by molar-refractivity contribution is -0.163. The molecule has 1 N–H and O–H groups in total. The summed E-state index contributed by atoms with van der Waals surface area (Å²) in [5, 5.41) is 2.34. The average Bonchev–Trinajstić information content (AvgIpc) is 2.45. The van der Waals surface area contributed by atoms with E-state index in [1.54, 1.807) is 24.3 Å². The van der Waals surface area contributed by atoms with Gasteiger partial charge in [-0.05, 0) is 5.56 Å². The number of amides is 1. The van der Waals surface area contributed by atoms with E-state index in [1.165, 1.54) is 0 Å². The maximum Gasteiger partial charge on any atom is 0.410 e. The molecule has 1 aromatic rings. The molecule has 7 heteroatoms. The second-order valence-electron chi connectivity index (χ2n) is 4.53. The van der Waals surface area contributed by atoms with Gasteiger partial charge in [0.15, 0.2) is 0 Å². The molecule has 0 bridgehead atoms. The molecule has 0 spiro atoms. The predicted octanol–water partition coefficient (Wildman–Crippen LogP) is 2.16. The molecule has 1 saturated heterocycles. The van der Waals surface area contributed by atoms with E-state index in [4.69, 9.17) is 4.74 Å². The van der Waals surface area contributed by atoms with Crippen molar-refractivity contribution in [3.63, 3.8) is 0 Å². The first-order valence-corrected chi connectivity index (χ1v) is 6.22. The minimum atomic E-state index is -4.36. The molecule has 0 aliphatic carbocycles. The number of hydrogen-bond donors (Lipinski definition) is 1. The lowest BCUT2D eigenvalue weighted by atomic mass is 10.2. The van der Waals surface area contributed by atoms with Crippen LogP contribution < -0.4 is 5.32 Å². The summed E-state index contributed by atoms with van der Waals surface area (Å²) in [6.45, 7) is -0.0533. The molecule has 1 amide bonds. The van der Waals surface area contributed by atoms with Crippen molar-refractivity contribution in [2.45, 2.75) is 18.8 Å². The summed E-state index contributed by atoms with van der Waals surface area (Å²) in [6.07, 6.45) is -5.08. The van der Waals surface area contributed by atoms with Crippen LogP contribution in [0.5, 0.6) is 0 Å². The summed E-state index contributed by atoms with van der Waals surface area (Å²) in [5.74, 6) is 0. The van der Waals surface area contributed by atoms with Crippen molar-refractivity contribution in [1.29, 1.82) is 0 Å². The van der Waals surface area contributed by atoms with Crippen LogP contribution in [0.15, 0.2) is 30.3 Å². The van der Waals surface area contributed by atoms with Crippen molar-refractivity contribution in [2.24, 2.45) is 0 Å². The van der Waals surface area contributed by atoms with Gasteiger partial charge in [0.2, 0.25) is 0 Å². The molecule has 0 radical (unpaired) electrons. The van der Waals surface area contributed by atoms with E-state index in [9.17, 15) is 18.0 Å².